The number of rotatable bonds is 5. The van der Waals surface area contributed by atoms with Crippen molar-refractivity contribution < 1.29 is 14.6 Å². The molecule has 0 aliphatic rings. The molecule has 1 aromatic heterocycles. The van der Waals surface area contributed by atoms with Crippen LogP contribution in [-0.2, 0) is 11.3 Å². The highest BCUT2D eigenvalue weighted by atomic mass is 32.1. The summed E-state index contributed by atoms with van der Waals surface area (Å²) in [7, 11) is 0. The Balaban J connectivity index is 2.20. The van der Waals surface area contributed by atoms with Gasteiger partial charge in [0, 0.05) is 0 Å². The van der Waals surface area contributed by atoms with Crippen LogP contribution in [0.1, 0.15) is 25.8 Å². The second-order valence-corrected chi connectivity index (χ2v) is 4.95. The van der Waals surface area contributed by atoms with Crippen molar-refractivity contribution in [3.05, 3.63) is 5.01 Å². The van der Waals surface area contributed by atoms with Gasteiger partial charge in [-0.2, -0.15) is 0 Å². The van der Waals surface area contributed by atoms with Gasteiger partial charge in [-0.1, -0.05) is 16.4 Å². The smallest absolute Gasteiger partial charge is 0.294 e. The minimum atomic E-state index is -0.152. The third-order valence-corrected chi connectivity index (χ3v) is 2.25. The minimum Gasteiger partial charge on any atom is -0.466 e. The Kier molecular flexibility index (Phi) is 4.44. The van der Waals surface area contributed by atoms with Crippen LogP contribution in [0.5, 0.6) is 5.19 Å². The molecule has 86 valence electrons. The molecule has 5 nitrogen and oxygen atoms in total. The van der Waals surface area contributed by atoms with Crippen LogP contribution < -0.4 is 4.74 Å². The molecule has 0 radical (unpaired) electrons. The number of nitrogens with zero attached hydrogens (tertiary/aromatic N) is 2. The van der Waals surface area contributed by atoms with E-state index < -0.39 is 0 Å². The Morgan fingerprint density at radius 1 is 1.27 bits per heavy atom. The number of aliphatic hydroxyl groups excluding tert-OH is 1. The van der Waals surface area contributed by atoms with Crippen molar-refractivity contribution in [2.75, 3.05) is 13.2 Å². The molecule has 0 bridgehead atoms. The molecule has 1 rings (SSSR count). The van der Waals surface area contributed by atoms with Crippen molar-refractivity contribution in [3.8, 4) is 5.19 Å². The number of aliphatic hydroxyl groups is 1. The van der Waals surface area contributed by atoms with Gasteiger partial charge in [0.1, 0.15) is 11.6 Å². The van der Waals surface area contributed by atoms with Gasteiger partial charge < -0.3 is 14.6 Å². The van der Waals surface area contributed by atoms with Crippen LogP contribution in [0.25, 0.3) is 0 Å². The molecule has 0 spiro atoms. The lowest BCUT2D eigenvalue weighted by Crippen LogP contribution is -2.22. The first-order valence-electron chi connectivity index (χ1n) is 4.71. The molecule has 0 aliphatic carbocycles. The van der Waals surface area contributed by atoms with Crippen LogP contribution in [0, 0.1) is 0 Å². The summed E-state index contributed by atoms with van der Waals surface area (Å²) in [5.41, 5.74) is -0.152. The third kappa shape index (κ3) is 5.06. The molecule has 1 aromatic rings. The van der Waals surface area contributed by atoms with E-state index in [4.69, 9.17) is 14.6 Å². The molecule has 0 aliphatic heterocycles. The number of aromatic nitrogens is 2. The van der Waals surface area contributed by atoms with E-state index in [1.807, 2.05) is 20.8 Å². The van der Waals surface area contributed by atoms with Gasteiger partial charge in [-0.05, 0) is 20.8 Å². The topological polar surface area (TPSA) is 64.5 Å². The molecule has 1 heterocycles. The van der Waals surface area contributed by atoms with Gasteiger partial charge in [0.05, 0.1) is 18.8 Å². The maximum Gasteiger partial charge on any atom is 0.294 e. The van der Waals surface area contributed by atoms with Crippen molar-refractivity contribution in [3.63, 3.8) is 0 Å². The lowest BCUT2D eigenvalue weighted by atomic mass is 10.2. The lowest BCUT2D eigenvalue weighted by Gasteiger charge is -2.18. The number of hydrogen-bond donors (Lipinski definition) is 1. The van der Waals surface area contributed by atoms with Crippen molar-refractivity contribution in [1.82, 2.24) is 10.2 Å². The highest BCUT2D eigenvalue weighted by Gasteiger charge is 2.10. The maximum atomic E-state index is 8.76. The molecular formula is C9H16N2O3S. The zero-order valence-electron chi connectivity index (χ0n) is 9.19. The number of ether oxygens (including phenoxy) is 2. The quantitative estimate of drug-likeness (QED) is 0.773. The lowest BCUT2D eigenvalue weighted by molar-refractivity contribution is -0.0163. The monoisotopic (exact) mass is 232 g/mol. The average Bonchev–Trinajstić information content (AvgIpc) is 2.59. The Labute approximate surface area is 93.1 Å². The normalized spacial score (nSPS) is 11.7. The van der Waals surface area contributed by atoms with E-state index in [0.29, 0.717) is 23.4 Å². The largest absolute Gasteiger partial charge is 0.466 e. The fraction of sp³-hybridized carbons (Fsp3) is 0.778. The fourth-order valence-corrected chi connectivity index (χ4v) is 1.41. The summed E-state index contributed by atoms with van der Waals surface area (Å²) in [5, 5.41) is 17.2. The summed E-state index contributed by atoms with van der Waals surface area (Å²) in [5.74, 6) is 0. The Morgan fingerprint density at radius 2 is 2.00 bits per heavy atom. The van der Waals surface area contributed by atoms with Crippen LogP contribution >= 0.6 is 11.3 Å². The van der Waals surface area contributed by atoms with Gasteiger partial charge in [-0.15, -0.1) is 5.10 Å². The first kappa shape index (κ1) is 12.4. The standard InChI is InChI=1S/C9H16N2O3S/c1-9(2,3)14-5-4-13-8-11-10-7(6-12)15-8/h12H,4-6H2,1-3H3. The zero-order chi connectivity index (χ0) is 11.3. The molecule has 0 saturated carbocycles. The third-order valence-electron chi connectivity index (χ3n) is 1.43. The first-order valence-corrected chi connectivity index (χ1v) is 5.53. The molecule has 1 N–H and O–H groups in total. The molecule has 0 atom stereocenters. The molecule has 0 unspecified atom stereocenters. The second-order valence-electron chi connectivity index (χ2n) is 3.93. The summed E-state index contributed by atoms with van der Waals surface area (Å²) in [4.78, 5) is 0. The SMILES string of the molecule is CC(C)(C)OCCOc1nnc(CO)s1. The van der Waals surface area contributed by atoms with E-state index in [1.54, 1.807) is 0 Å². The van der Waals surface area contributed by atoms with Gasteiger partial charge in [0.2, 0.25) is 0 Å². The van der Waals surface area contributed by atoms with Crippen LogP contribution in [0.3, 0.4) is 0 Å². The highest BCUT2D eigenvalue weighted by Crippen LogP contribution is 2.17. The molecule has 0 fully saturated rings. The molecule has 0 saturated heterocycles. The second kappa shape index (κ2) is 5.39. The van der Waals surface area contributed by atoms with Crippen molar-refractivity contribution in [2.45, 2.75) is 33.0 Å². The average molecular weight is 232 g/mol. The highest BCUT2D eigenvalue weighted by molar-refractivity contribution is 7.13. The van der Waals surface area contributed by atoms with Gasteiger partial charge in [-0.25, -0.2) is 0 Å². The van der Waals surface area contributed by atoms with Crippen LogP contribution in [0.15, 0.2) is 0 Å². The van der Waals surface area contributed by atoms with Gasteiger partial charge >= 0.3 is 0 Å². The first-order chi connectivity index (χ1) is 7.01. The van der Waals surface area contributed by atoms with E-state index in [2.05, 4.69) is 10.2 Å². The molecular weight excluding hydrogens is 216 g/mol. The fourth-order valence-electron chi connectivity index (χ4n) is 0.837. The van der Waals surface area contributed by atoms with Crippen LogP contribution in [0.4, 0.5) is 0 Å². The van der Waals surface area contributed by atoms with E-state index in [9.17, 15) is 0 Å². The van der Waals surface area contributed by atoms with Gasteiger partial charge in [0.25, 0.3) is 5.19 Å². The van der Waals surface area contributed by atoms with Crippen molar-refractivity contribution in [1.29, 1.82) is 0 Å². The van der Waals surface area contributed by atoms with Gasteiger partial charge in [-0.3, -0.25) is 0 Å². The van der Waals surface area contributed by atoms with E-state index in [1.165, 1.54) is 11.3 Å². The van der Waals surface area contributed by atoms with Crippen LogP contribution in [0.2, 0.25) is 0 Å². The van der Waals surface area contributed by atoms with E-state index >= 15 is 0 Å². The van der Waals surface area contributed by atoms with E-state index in [0.717, 1.165) is 0 Å². The summed E-state index contributed by atoms with van der Waals surface area (Å²) >= 11 is 1.24. The summed E-state index contributed by atoms with van der Waals surface area (Å²) < 4.78 is 10.8. The minimum absolute atomic E-state index is 0.0977. The molecule has 15 heavy (non-hydrogen) atoms. The number of hydrogen-bond acceptors (Lipinski definition) is 6. The molecule has 0 amide bonds. The van der Waals surface area contributed by atoms with Gasteiger partial charge in [0.15, 0.2) is 0 Å². The molecule has 0 aromatic carbocycles. The summed E-state index contributed by atoms with van der Waals surface area (Å²) in [6, 6.07) is 0. The molecule has 6 heteroatoms. The summed E-state index contributed by atoms with van der Waals surface area (Å²) in [6.07, 6.45) is 0. The predicted octanol–water partition coefficient (Wildman–Crippen LogP) is 1.22. The summed E-state index contributed by atoms with van der Waals surface area (Å²) in [6.45, 7) is 6.82. The van der Waals surface area contributed by atoms with Crippen molar-refractivity contribution >= 4 is 11.3 Å². The zero-order valence-corrected chi connectivity index (χ0v) is 10.0. The van der Waals surface area contributed by atoms with E-state index in [-0.39, 0.29) is 12.2 Å². The Hall–Kier alpha value is -0.720. The predicted molar refractivity (Wildman–Crippen MR) is 57.0 cm³/mol. The van der Waals surface area contributed by atoms with Crippen LogP contribution in [-0.4, -0.2) is 34.1 Å². The maximum absolute atomic E-state index is 8.76. The van der Waals surface area contributed by atoms with Crippen molar-refractivity contribution in [2.24, 2.45) is 0 Å². The Bertz CT molecular complexity index is 296. The Morgan fingerprint density at radius 3 is 2.53 bits per heavy atom.